The predicted molar refractivity (Wildman–Crippen MR) is 544 cm³/mol. The maximum absolute atomic E-state index is 6.76. The van der Waals surface area contributed by atoms with Crippen LogP contribution in [0, 0.1) is 0 Å². The second-order valence-electron chi connectivity index (χ2n) is 35.0. The fourth-order valence-corrected chi connectivity index (χ4v) is 22.7. The SMILES string of the molecule is c1ccc(-c2ccc(N(c3ccc(-c4ccc5c(c4)-c4ccccc4C54c5ccccc5-c5ccccc5-c5ccccc54)cc3)c3ccc4c(c3)-c3ccccc3-c3ccccc3O4)cc2)cc1.c1ccc(-c2ccccc2N(c2ccc3c(c2)-c2ccccc2-c2ccccc2O3)c2ccc3c(c2)-c2ccccc2C32c3ccccc3-c3ccccc3-c3ccccc32)cc1. The molecule has 6 aliphatic rings. The van der Waals surface area contributed by atoms with Crippen molar-refractivity contribution < 1.29 is 9.47 Å². The number of fused-ring (bicyclic) bond motifs is 34. The highest BCUT2D eigenvalue weighted by atomic mass is 16.5. The Balaban J connectivity index is 0.000000139. The third-order valence-electron chi connectivity index (χ3n) is 28.3. The van der Waals surface area contributed by atoms with Crippen molar-refractivity contribution in [3.8, 4) is 168 Å². The normalized spacial score (nSPS) is 12.9. The van der Waals surface area contributed by atoms with E-state index in [0.717, 1.165) is 118 Å². The van der Waals surface area contributed by atoms with Crippen LogP contribution in [0.5, 0.6) is 23.0 Å². The molecule has 27 rings (SSSR count). The van der Waals surface area contributed by atoms with Gasteiger partial charge in [-0.25, -0.2) is 0 Å². The van der Waals surface area contributed by atoms with E-state index in [-0.39, 0.29) is 0 Å². The molecular formula is C128H82N2O2. The van der Waals surface area contributed by atoms with Crippen molar-refractivity contribution in [3.63, 3.8) is 0 Å². The van der Waals surface area contributed by atoms with Gasteiger partial charge in [0.1, 0.15) is 23.0 Å². The van der Waals surface area contributed by atoms with Crippen LogP contribution in [0.3, 0.4) is 0 Å². The smallest absolute Gasteiger partial charge is 0.135 e. The van der Waals surface area contributed by atoms with E-state index in [1.165, 1.54) is 128 Å². The molecule has 2 heterocycles. The van der Waals surface area contributed by atoms with Crippen LogP contribution in [0.4, 0.5) is 34.1 Å². The first kappa shape index (κ1) is 76.1. The molecule has 2 aliphatic heterocycles. The molecular weight excluding hydrogens is 1600 g/mol. The monoisotopic (exact) mass is 1680 g/mol. The first-order valence-electron chi connectivity index (χ1n) is 45.6. The molecule has 0 amide bonds. The molecule has 0 N–H and O–H groups in total. The third kappa shape index (κ3) is 11.8. The summed E-state index contributed by atoms with van der Waals surface area (Å²) in [6, 6.07) is 182. The summed E-state index contributed by atoms with van der Waals surface area (Å²) in [6.07, 6.45) is 0. The Morgan fingerprint density at radius 1 is 0.129 bits per heavy atom. The summed E-state index contributed by atoms with van der Waals surface area (Å²) < 4.78 is 13.4. The van der Waals surface area contributed by atoms with Crippen molar-refractivity contribution in [2.75, 3.05) is 9.80 Å². The molecule has 21 aromatic rings. The Hall–Kier alpha value is -17.2. The second kappa shape index (κ2) is 30.8. The largest absolute Gasteiger partial charge is 0.456 e. The quantitative estimate of drug-likeness (QED) is 0.144. The number of rotatable bonds is 9. The number of hydrogen-bond donors (Lipinski definition) is 0. The second-order valence-corrected chi connectivity index (χ2v) is 35.0. The fourth-order valence-electron chi connectivity index (χ4n) is 22.7. The molecule has 132 heavy (non-hydrogen) atoms. The number of ether oxygens (including phenoxy) is 2. The van der Waals surface area contributed by atoms with Crippen LogP contribution in [0.25, 0.3) is 145 Å². The minimum Gasteiger partial charge on any atom is -0.456 e. The number of hydrogen-bond acceptors (Lipinski definition) is 4. The highest BCUT2D eigenvalue weighted by Crippen LogP contribution is 2.65. The lowest BCUT2D eigenvalue weighted by Crippen LogP contribution is -2.29. The zero-order chi connectivity index (χ0) is 87.0. The van der Waals surface area contributed by atoms with E-state index < -0.39 is 10.8 Å². The molecule has 2 spiro atoms. The molecule has 0 fully saturated rings. The molecule has 4 nitrogen and oxygen atoms in total. The maximum atomic E-state index is 6.76. The minimum atomic E-state index is -0.552. The fraction of sp³-hybridized carbons (Fsp3) is 0.0156. The summed E-state index contributed by atoms with van der Waals surface area (Å²) >= 11 is 0. The molecule has 21 aromatic carbocycles. The summed E-state index contributed by atoms with van der Waals surface area (Å²) in [5.41, 5.74) is 47.0. The lowest BCUT2D eigenvalue weighted by Gasteiger charge is -2.35. The molecule has 0 bridgehead atoms. The Labute approximate surface area is 768 Å². The van der Waals surface area contributed by atoms with Gasteiger partial charge in [0.25, 0.3) is 0 Å². The number of para-hydroxylation sites is 3. The van der Waals surface area contributed by atoms with Crippen molar-refractivity contribution in [3.05, 3.63) is 542 Å². The molecule has 4 heteroatoms. The molecule has 4 aliphatic carbocycles. The van der Waals surface area contributed by atoms with Crippen molar-refractivity contribution in [2.45, 2.75) is 10.8 Å². The van der Waals surface area contributed by atoms with Crippen LogP contribution < -0.4 is 19.3 Å². The summed E-state index contributed by atoms with van der Waals surface area (Å²) in [7, 11) is 0. The van der Waals surface area contributed by atoms with Crippen molar-refractivity contribution in [1.29, 1.82) is 0 Å². The summed E-state index contributed by atoms with van der Waals surface area (Å²) in [4.78, 5) is 4.81. The van der Waals surface area contributed by atoms with E-state index >= 15 is 0 Å². The van der Waals surface area contributed by atoms with Crippen LogP contribution in [0.2, 0.25) is 0 Å². The topological polar surface area (TPSA) is 24.9 Å². The highest BCUT2D eigenvalue weighted by molar-refractivity contribution is 6.03. The van der Waals surface area contributed by atoms with Crippen molar-refractivity contribution >= 4 is 34.1 Å². The van der Waals surface area contributed by atoms with Gasteiger partial charge in [0, 0.05) is 56.3 Å². The van der Waals surface area contributed by atoms with Gasteiger partial charge in [-0.05, 0) is 258 Å². The zero-order valence-corrected chi connectivity index (χ0v) is 72.1. The Kier molecular flexibility index (Phi) is 17.8. The summed E-state index contributed by atoms with van der Waals surface area (Å²) in [6.45, 7) is 0. The Bertz CT molecular complexity index is 8100. The van der Waals surface area contributed by atoms with Gasteiger partial charge in [0.2, 0.25) is 0 Å². The third-order valence-corrected chi connectivity index (χ3v) is 28.3. The molecule has 0 radical (unpaired) electrons. The standard InChI is InChI=1S/C67H43NO.C61H39NO/c1-2-16-44(17-3-1)45-30-35-48(36-31-45)68(50-39-41-66-60(43-50)54-21-7-6-20-53(54)58-25-11-15-29-65(58)69-66)49-37-32-46(33-38-49)47-34-40-64-59(42-47)57-24-10-14-28-63(57)67(64)61-26-12-8-22-55(61)51-18-4-5-19-52(51)56-23-9-13-27-62(56)67;1-2-18-40(19-3-1)43-20-11-16-32-58(43)62(42-35-37-60-53(39-42)47-24-7-6-23-46(47)51-28-12-17-33-59(51)63-60)41-34-36-57-52(38-41)50-27-10-15-31-56(50)61(57)54-29-13-8-25-48(54)44-21-4-5-22-45(44)49-26-9-14-30-55(49)61/h1-43H;1-39H. The van der Waals surface area contributed by atoms with Gasteiger partial charge in [-0.2, -0.15) is 0 Å². The van der Waals surface area contributed by atoms with Gasteiger partial charge in [0.15, 0.2) is 0 Å². The number of benzene rings is 21. The van der Waals surface area contributed by atoms with Crippen LogP contribution in [0.15, 0.2) is 497 Å². The molecule has 0 atom stereocenters. The summed E-state index contributed by atoms with van der Waals surface area (Å²) in [5, 5.41) is 0. The molecule has 0 aromatic heterocycles. The molecule has 0 saturated heterocycles. The average Bonchev–Trinajstić information content (AvgIpc) is 1.52. The van der Waals surface area contributed by atoms with Crippen LogP contribution >= 0.6 is 0 Å². The Morgan fingerprint density at radius 3 is 0.765 bits per heavy atom. The van der Waals surface area contributed by atoms with Crippen LogP contribution in [-0.4, -0.2) is 0 Å². The molecule has 0 saturated carbocycles. The first-order valence-corrected chi connectivity index (χ1v) is 45.6. The van der Waals surface area contributed by atoms with Gasteiger partial charge in [-0.3, -0.25) is 0 Å². The lowest BCUT2D eigenvalue weighted by molar-refractivity contribution is 0.487. The minimum absolute atomic E-state index is 0.501. The van der Waals surface area contributed by atoms with E-state index in [1.54, 1.807) is 0 Å². The van der Waals surface area contributed by atoms with Crippen molar-refractivity contribution in [1.82, 2.24) is 0 Å². The molecule has 0 unspecified atom stereocenters. The van der Waals surface area contributed by atoms with Crippen molar-refractivity contribution in [2.24, 2.45) is 0 Å². The maximum Gasteiger partial charge on any atom is 0.135 e. The van der Waals surface area contributed by atoms with Gasteiger partial charge < -0.3 is 19.3 Å². The van der Waals surface area contributed by atoms with E-state index in [1.807, 2.05) is 12.1 Å². The van der Waals surface area contributed by atoms with E-state index in [2.05, 4.69) is 495 Å². The van der Waals surface area contributed by atoms with E-state index in [0.29, 0.717) is 0 Å². The number of anilines is 6. The van der Waals surface area contributed by atoms with Gasteiger partial charge in [-0.15, -0.1) is 0 Å². The zero-order valence-electron chi connectivity index (χ0n) is 72.1. The van der Waals surface area contributed by atoms with E-state index in [9.17, 15) is 0 Å². The lowest BCUT2D eigenvalue weighted by atomic mass is 9.66. The van der Waals surface area contributed by atoms with Gasteiger partial charge >= 0.3 is 0 Å². The van der Waals surface area contributed by atoms with Gasteiger partial charge in [0.05, 0.1) is 16.5 Å². The van der Waals surface area contributed by atoms with E-state index in [4.69, 9.17) is 9.47 Å². The average molecular weight is 1680 g/mol. The van der Waals surface area contributed by atoms with Crippen LogP contribution in [-0.2, 0) is 10.8 Å². The molecule has 616 valence electrons. The highest BCUT2D eigenvalue weighted by Gasteiger charge is 2.52. The summed E-state index contributed by atoms with van der Waals surface area (Å²) in [5.74, 6) is 3.40. The van der Waals surface area contributed by atoms with Gasteiger partial charge in [-0.1, -0.05) is 400 Å². The Morgan fingerprint density at radius 2 is 0.364 bits per heavy atom. The number of nitrogens with zero attached hydrogens (tertiary/aromatic N) is 2. The van der Waals surface area contributed by atoms with Crippen LogP contribution in [0.1, 0.15) is 44.5 Å². The first-order chi connectivity index (χ1) is 65.5. The predicted octanol–water partition coefficient (Wildman–Crippen LogP) is 34.2.